The predicted molar refractivity (Wildman–Crippen MR) is 224 cm³/mol. The van der Waals surface area contributed by atoms with Crippen LogP contribution in [-0.2, 0) is 58.8 Å². The Hall–Kier alpha value is -3.90. The molecule has 4 fully saturated rings. The number of aliphatic hydroxyl groups excluding tert-OH is 8. The van der Waals surface area contributed by atoms with Crippen LogP contribution in [0.15, 0.2) is 18.2 Å². The number of amides is 3. The molecule has 14 N–H and O–H groups in total. The fraction of sp³-hybridized carbons (Fsp3) is 0.762. The topological polar surface area (TPSA) is 392 Å². The van der Waals surface area contributed by atoms with Gasteiger partial charge in [0.05, 0.1) is 55.8 Å². The van der Waals surface area contributed by atoms with Gasteiger partial charge < -0.3 is 105 Å². The normalized spacial score (nSPS) is 38.7. The van der Waals surface area contributed by atoms with E-state index in [1.165, 1.54) is 54.2 Å². The number of carbonyl (C=O) groups excluding carboxylic acids is 3. The average molecular weight is 966 g/mol. The molecule has 4 aliphatic heterocycles. The van der Waals surface area contributed by atoms with Crippen molar-refractivity contribution in [2.75, 3.05) is 41.1 Å². The molecule has 0 bridgehead atoms. The number of carboxylic acids is 1. The van der Waals surface area contributed by atoms with Crippen LogP contribution in [0.1, 0.15) is 39.2 Å². The van der Waals surface area contributed by atoms with Crippen LogP contribution in [0.25, 0.3) is 0 Å². The third-order valence-corrected chi connectivity index (χ3v) is 12.6. The number of phenols is 2. The lowest BCUT2D eigenvalue weighted by Crippen LogP contribution is -2.65. The Morgan fingerprint density at radius 2 is 1.10 bits per heavy atom. The van der Waals surface area contributed by atoms with Gasteiger partial charge in [0.2, 0.25) is 11.8 Å². The quantitative estimate of drug-likeness (QED) is 0.0689. The summed E-state index contributed by atoms with van der Waals surface area (Å²) in [4.78, 5) is 48.0. The van der Waals surface area contributed by atoms with Crippen molar-refractivity contribution in [2.45, 2.75) is 144 Å². The van der Waals surface area contributed by atoms with Crippen LogP contribution in [-0.4, -0.2) is 225 Å². The van der Waals surface area contributed by atoms with E-state index in [-0.39, 0.29) is 30.9 Å². The van der Waals surface area contributed by atoms with E-state index in [4.69, 9.17) is 33.2 Å². The molecule has 4 saturated heterocycles. The summed E-state index contributed by atoms with van der Waals surface area (Å²) in [7, 11) is 3.93. The largest absolute Gasteiger partial charge is 0.504 e. The van der Waals surface area contributed by atoms with E-state index in [1.54, 1.807) is 6.07 Å². The molecule has 20 atom stereocenters. The fourth-order valence-corrected chi connectivity index (χ4v) is 9.03. The molecule has 0 aromatic heterocycles. The predicted octanol–water partition coefficient (Wildman–Crippen LogP) is -5.07. The summed E-state index contributed by atoms with van der Waals surface area (Å²) in [5.74, 6) is -5.83. The van der Waals surface area contributed by atoms with Crippen LogP contribution < -0.4 is 16.0 Å². The van der Waals surface area contributed by atoms with Crippen LogP contribution in [0.4, 0.5) is 0 Å². The minimum Gasteiger partial charge on any atom is -0.504 e. The number of methoxy groups -OCH3 is 3. The first kappa shape index (κ1) is 55.7. The number of benzene rings is 1. The van der Waals surface area contributed by atoms with E-state index in [9.17, 15) is 75.3 Å². The van der Waals surface area contributed by atoms with Crippen LogP contribution in [0.3, 0.4) is 0 Å². The van der Waals surface area contributed by atoms with Gasteiger partial charge in [0.15, 0.2) is 36.3 Å². The zero-order valence-electron chi connectivity index (χ0n) is 37.9. The standard InChI is InChI=1S/C25H38N2O12.C17H29NO10/c1-11(29)27-18-13(19(32)17(10-28)39-25(18)37-3)9-16-20(33)21(34)22(36-2)23(38-16)24(35)26-7-6-12-4-5-14(30)15(31)8-12;1-6-12(21)14(23)9(27-15(6)16(24)25)4-8-11(18-7(2)20)17(26-3)28-10(5-19)13(8)22/h4-5,8,13,16-23,25,28,30-34H,6-7,9-10H2,1-3H3,(H,26,35)(H,27,29);6,8-15,17,19,21-23H,4-5H2,1-3H3,(H,18,20)(H,24,25). The lowest BCUT2D eigenvalue weighted by atomic mass is 9.79. The highest BCUT2D eigenvalue weighted by Gasteiger charge is 2.53. The monoisotopic (exact) mass is 965 g/mol. The Kier molecular flexibility index (Phi) is 20.9. The molecule has 5 rings (SSSR count). The second-order valence-electron chi connectivity index (χ2n) is 17.1. The number of aliphatic hydroxyl groups is 8. The Balaban J connectivity index is 0.000000309. The van der Waals surface area contributed by atoms with E-state index in [1.807, 2.05) is 0 Å². The van der Waals surface area contributed by atoms with Gasteiger partial charge in [-0.1, -0.05) is 13.0 Å². The maximum Gasteiger partial charge on any atom is 0.333 e. The highest BCUT2D eigenvalue weighted by atomic mass is 16.7. The second kappa shape index (κ2) is 25.1. The van der Waals surface area contributed by atoms with Gasteiger partial charge in [-0.15, -0.1) is 0 Å². The number of aliphatic carboxylic acids is 1. The van der Waals surface area contributed by atoms with Crippen molar-refractivity contribution in [1.29, 1.82) is 0 Å². The molecular weight excluding hydrogens is 898 g/mol. The lowest BCUT2D eigenvalue weighted by Gasteiger charge is -2.47. The number of hydrogen-bond acceptors (Lipinski definition) is 21. The van der Waals surface area contributed by atoms with E-state index in [2.05, 4.69) is 16.0 Å². The van der Waals surface area contributed by atoms with Gasteiger partial charge in [0, 0.05) is 59.5 Å². The number of phenolic OH excluding ortho intramolecular Hbond substituents is 2. The zero-order valence-corrected chi connectivity index (χ0v) is 37.9. The molecule has 0 saturated carbocycles. The number of ether oxygens (including phenoxy) is 7. The molecular formula is C42H67N3O22. The number of aromatic hydroxyl groups is 2. The Labute approximate surface area is 385 Å². The van der Waals surface area contributed by atoms with Gasteiger partial charge in [0.25, 0.3) is 5.91 Å². The molecule has 0 spiro atoms. The van der Waals surface area contributed by atoms with Crippen molar-refractivity contribution in [1.82, 2.24) is 16.0 Å². The minimum atomic E-state index is -1.53. The van der Waals surface area contributed by atoms with Crippen molar-refractivity contribution < 1.29 is 109 Å². The molecule has 0 radical (unpaired) electrons. The first-order valence-corrected chi connectivity index (χ1v) is 21.7. The number of carbonyl (C=O) groups is 4. The van der Waals surface area contributed by atoms with Crippen molar-refractivity contribution in [3.05, 3.63) is 23.8 Å². The van der Waals surface area contributed by atoms with E-state index in [0.29, 0.717) is 12.0 Å². The maximum atomic E-state index is 13.1. The summed E-state index contributed by atoms with van der Waals surface area (Å²) in [5.41, 5.74) is 0.649. The number of nitrogens with one attached hydrogen (secondary N) is 3. The van der Waals surface area contributed by atoms with Crippen LogP contribution in [0.2, 0.25) is 0 Å². The third-order valence-electron chi connectivity index (χ3n) is 12.6. The van der Waals surface area contributed by atoms with E-state index >= 15 is 0 Å². The van der Waals surface area contributed by atoms with Gasteiger partial charge in [-0.25, -0.2) is 4.79 Å². The maximum absolute atomic E-state index is 13.1. The van der Waals surface area contributed by atoms with Crippen LogP contribution in [0.5, 0.6) is 11.5 Å². The highest BCUT2D eigenvalue weighted by Crippen LogP contribution is 2.37. The minimum absolute atomic E-state index is 0.111. The molecule has 67 heavy (non-hydrogen) atoms. The molecule has 382 valence electrons. The summed E-state index contributed by atoms with van der Waals surface area (Å²) in [6, 6.07) is 2.53. The Bertz CT molecular complexity index is 1780. The van der Waals surface area contributed by atoms with Gasteiger partial charge in [0.1, 0.15) is 36.6 Å². The third kappa shape index (κ3) is 13.5. The molecule has 3 amide bonds. The van der Waals surface area contributed by atoms with E-state index in [0.717, 1.165) is 0 Å². The molecule has 25 heteroatoms. The van der Waals surface area contributed by atoms with Crippen molar-refractivity contribution in [3.63, 3.8) is 0 Å². The van der Waals surface area contributed by atoms with Crippen LogP contribution >= 0.6 is 0 Å². The number of hydrogen-bond donors (Lipinski definition) is 14. The van der Waals surface area contributed by atoms with Crippen LogP contribution in [0, 0.1) is 17.8 Å². The van der Waals surface area contributed by atoms with Gasteiger partial charge >= 0.3 is 5.97 Å². The molecule has 4 aliphatic rings. The van der Waals surface area contributed by atoms with E-state index < -0.39 is 159 Å². The second-order valence-corrected chi connectivity index (χ2v) is 17.1. The number of rotatable bonds is 16. The summed E-state index contributed by atoms with van der Waals surface area (Å²) >= 11 is 0. The molecule has 1 aromatic rings. The van der Waals surface area contributed by atoms with Crippen molar-refractivity contribution in [3.8, 4) is 11.5 Å². The summed E-state index contributed by atoms with van der Waals surface area (Å²) in [6.07, 6.45) is -18.6. The lowest BCUT2D eigenvalue weighted by molar-refractivity contribution is -0.265. The number of carboxylic acid groups (broad SMARTS) is 1. The van der Waals surface area contributed by atoms with Gasteiger partial charge in [-0.2, -0.15) is 0 Å². The average Bonchev–Trinajstić information content (AvgIpc) is 3.28. The first-order valence-electron chi connectivity index (χ1n) is 21.7. The first-order chi connectivity index (χ1) is 31.6. The summed E-state index contributed by atoms with van der Waals surface area (Å²) in [6.45, 7) is 3.06. The molecule has 1 aromatic carbocycles. The molecule has 0 aliphatic carbocycles. The van der Waals surface area contributed by atoms with Gasteiger partial charge in [-0.3, -0.25) is 14.4 Å². The van der Waals surface area contributed by atoms with Crippen molar-refractivity contribution in [2.24, 2.45) is 17.8 Å². The van der Waals surface area contributed by atoms with Gasteiger partial charge in [-0.05, 0) is 37.0 Å². The molecule has 25 nitrogen and oxygen atoms in total. The molecule has 4 heterocycles. The highest BCUT2D eigenvalue weighted by molar-refractivity contribution is 5.81. The summed E-state index contributed by atoms with van der Waals surface area (Å²) < 4.78 is 38.3. The molecule has 20 unspecified atom stereocenters. The Morgan fingerprint density at radius 3 is 1.52 bits per heavy atom. The fourth-order valence-electron chi connectivity index (χ4n) is 9.03. The Morgan fingerprint density at radius 1 is 0.627 bits per heavy atom. The summed E-state index contributed by atoms with van der Waals surface area (Å²) in [5, 5.41) is 119. The zero-order chi connectivity index (χ0) is 50.0. The SMILES string of the molecule is COC1OC(CO)C(O)C(CC2OC(C(=O)NCCc3ccc(O)c(O)c3)C(OC)C(O)C2O)C1NC(C)=O.COC1OC(CO)C(O)C(CC2OC(C(=O)O)C(C)C(O)C2O)C1NC(C)=O. The smallest absolute Gasteiger partial charge is 0.333 e. The van der Waals surface area contributed by atoms with Crippen molar-refractivity contribution >= 4 is 23.7 Å².